The quantitative estimate of drug-likeness (QED) is 0.585. The van der Waals surface area contributed by atoms with Gasteiger partial charge in [0.2, 0.25) is 5.88 Å². The summed E-state index contributed by atoms with van der Waals surface area (Å²) in [6, 6.07) is 0. The third-order valence-electron chi connectivity index (χ3n) is 2.63. The molecule has 2 rings (SSSR count). The van der Waals surface area contributed by atoms with E-state index in [0.717, 1.165) is 18.9 Å². The zero-order valence-electron chi connectivity index (χ0n) is 7.79. The number of aryl methyl sites for hydroxylation is 1. The van der Waals surface area contributed by atoms with Crippen LogP contribution in [0.5, 0.6) is 5.88 Å². The van der Waals surface area contributed by atoms with E-state index in [1.165, 1.54) is 11.3 Å². The Hall–Kier alpha value is -0.990. The van der Waals surface area contributed by atoms with Crippen molar-refractivity contribution in [3.8, 4) is 5.88 Å². The first-order chi connectivity index (χ1) is 5.70. The van der Waals surface area contributed by atoms with Gasteiger partial charge in [-0.3, -0.25) is 4.68 Å². The summed E-state index contributed by atoms with van der Waals surface area (Å²) < 4.78 is 7.36. The molecule has 12 heavy (non-hydrogen) atoms. The van der Waals surface area contributed by atoms with Crippen LogP contribution in [0.1, 0.15) is 30.5 Å². The average Bonchev–Trinajstić information content (AvgIpc) is 2.29. The van der Waals surface area contributed by atoms with E-state index in [1.807, 2.05) is 11.7 Å². The summed E-state index contributed by atoms with van der Waals surface area (Å²) in [5.74, 6) is 1.44. The molecule has 1 atom stereocenters. The minimum absolute atomic E-state index is 0.599. The van der Waals surface area contributed by atoms with Crippen LogP contribution in [0.2, 0.25) is 0 Å². The molecule has 3 heteroatoms. The minimum atomic E-state index is 0.599. The monoisotopic (exact) mass is 166 g/mol. The highest BCUT2D eigenvalue weighted by Gasteiger charge is 2.23. The maximum Gasteiger partial charge on any atom is 0.236 e. The van der Waals surface area contributed by atoms with Crippen LogP contribution in [0.3, 0.4) is 0 Å². The van der Waals surface area contributed by atoms with Crippen LogP contribution in [0.4, 0.5) is 0 Å². The zero-order valence-corrected chi connectivity index (χ0v) is 7.79. The van der Waals surface area contributed by atoms with Crippen LogP contribution in [-0.4, -0.2) is 16.4 Å². The molecular formula is C9H14N2O. The Morgan fingerprint density at radius 3 is 3.00 bits per heavy atom. The molecule has 0 radical (unpaired) electrons. The van der Waals surface area contributed by atoms with E-state index in [4.69, 9.17) is 4.74 Å². The van der Waals surface area contributed by atoms with Gasteiger partial charge in [0.15, 0.2) is 0 Å². The highest BCUT2D eigenvalue weighted by Crippen LogP contribution is 2.34. The molecule has 66 valence electrons. The van der Waals surface area contributed by atoms with Gasteiger partial charge in [-0.1, -0.05) is 6.92 Å². The van der Waals surface area contributed by atoms with Gasteiger partial charge in [0.1, 0.15) is 0 Å². The minimum Gasteiger partial charge on any atom is -0.476 e. The second-order valence-corrected chi connectivity index (χ2v) is 3.47. The summed E-state index contributed by atoms with van der Waals surface area (Å²) in [7, 11) is 1.96. The fourth-order valence-electron chi connectivity index (χ4n) is 1.74. The molecule has 0 N–H and O–H groups in total. The van der Waals surface area contributed by atoms with Gasteiger partial charge in [0.05, 0.1) is 6.61 Å². The van der Waals surface area contributed by atoms with Crippen molar-refractivity contribution in [2.45, 2.75) is 26.2 Å². The van der Waals surface area contributed by atoms with E-state index < -0.39 is 0 Å². The Balaban J connectivity index is 2.54. The SMILES string of the molecule is Cc1c2c(nn1C)OCCC2C. The lowest BCUT2D eigenvalue weighted by molar-refractivity contribution is 0.261. The van der Waals surface area contributed by atoms with Crippen molar-refractivity contribution >= 4 is 0 Å². The molecule has 0 fully saturated rings. The van der Waals surface area contributed by atoms with Crippen LogP contribution < -0.4 is 4.74 Å². The Morgan fingerprint density at radius 1 is 1.58 bits per heavy atom. The van der Waals surface area contributed by atoms with Crippen molar-refractivity contribution in [3.05, 3.63) is 11.3 Å². The predicted molar refractivity (Wildman–Crippen MR) is 46.5 cm³/mol. The number of fused-ring (bicyclic) bond motifs is 1. The van der Waals surface area contributed by atoms with Gasteiger partial charge in [0, 0.05) is 18.3 Å². The van der Waals surface area contributed by atoms with E-state index in [0.29, 0.717) is 5.92 Å². The number of hydrogen-bond donors (Lipinski definition) is 0. The Morgan fingerprint density at radius 2 is 2.33 bits per heavy atom. The van der Waals surface area contributed by atoms with Crippen LogP contribution in [0, 0.1) is 6.92 Å². The Kier molecular flexibility index (Phi) is 1.60. The normalized spacial score (nSPS) is 21.8. The second-order valence-electron chi connectivity index (χ2n) is 3.47. The molecule has 1 aromatic rings. The molecule has 1 aromatic heterocycles. The largest absolute Gasteiger partial charge is 0.476 e. The topological polar surface area (TPSA) is 27.1 Å². The fourth-order valence-corrected chi connectivity index (χ4v) is 1.74. The lowest BCUT2D eigenvalue weighted by Gasteiger charge is -2.18. The van der Waals surface area contributed by atoms with Crippen LogP contribution >= 0.6 is 0 Å². The highest BCUT2D eigenvalue weighted by molar-refractivity contribution is 5.35. The van der Waals surface area contributed by atoms with Gasteiger partial charge in [-0.25, -0.2) is 0 Å². The molecule has 0 spiro atoms. The first-order valence-electron chi connectivity index (χ1n) is 4.36. The molecule has 1 aliphatic heterocycles. The van der Waals surface area contributed by atoms with Crippen molar-refractivity contribution in [3.63, 3.8) is 0 Å². The second kappa shape index (κ2) is 2.51. The van der Waals surface area contributed by atoms with Gasteiger partial charge >= 0.3 is 0 Å². The third kappa shape index (κ3) is 0.924. The molecule has 1 unspecified atom stereocenters. The average molecular weight is 166 g/mol. The molecular weight excluding hydrogens is 152 g/mol. The van der Waals surface area contributed by atoms with Crippen LogP contribution in [-0.2, 0) is 7.05 Å². The molecule has 3 nitrogen and oxygen atoms in total. The molecule has 2 heterocycles. The van der Waals surface area contributed by atoms with Crippen molar-refractivity contribution < 1.29 is 4.74 Å². The summed E-state index contributed by atoms with van der Waals surface area (Å²) >= 11 is 0. The van der Waals surface area contributed by atoms with Gasteiger partial charge in [-0.15, -0.1) is 5.10 Å². The molecule has 0 saturated heterocycles. The fraction of sp³-hybridized carbons (Fsp3) is 0.667. The summed E-state index contributed by atoms with van der Waals surface area (Å²) in [4.78, 5) is 0. The van der Waals surface area contributed by atoms with E-state index >= 15 is 0 Å². The lowest BCUT2D eigenvalue weighted by Crippen LogP contribution is -2.11. The number of rotatable bonds is 0. The van der Waals surface area contributed by atoms with Crippen molar-refractivity contribution in [2.24, 2.45) is 7.05 Å². The first-order valence-corrected chi connectivity index (χ1v) is 4.36. The van der Waals surface area contributed by atoms with Crippen molar-refractivity contribution in [1.82, 2.24) is 9.78 Å². The van der Waals surface area contributed by atoms with E-state index in [-0.39, 0.29) is 0 Å². The van der Waals surface area contributed by atoms with Crippen LogP contribution in [0.15, 0.2) is 0 Å². The Bertz CT molecular complexity index is 304. The lowest BCUT2D eigenvalue weighted by atomic mass is 9.97. The Labute approximate surface area is 72.3 Å². The first kappa shape index (κ1) is 7.65. The molecule has 0 saturated carbocycles. The highest BCUT2D eigenvalue weighted by atomic mass is 16.5. The molecule has 1 aliphatic rings. The van der Waals surface area contributed by atoms with Gasteiger partial charge in [-0.2, -0.15) is 0 Å². The summed E-state index contributed by atoms with van der Waals surface area (Å²) in [6.45, 7) is 5.14. The zero-order chi connectivity index (χ0) is 8.72. The summed E-state index contributed by atoms with van der Waals surface area (Å²) in [6.07, 6.45) is 1.11. The number of ether oxygens (including phenoxy) is 1. The summed E-state index contributed by atoms with van der Waals surface area (Å²) in [5.41, 5.74) is 2.53. The van der Waals surface area contributed by atoms with E-state index in [9.17, 15) is 0 Å². The third-order valence-corrected chi connectivity index (χ3v) is 2.63. The summed E-state index contributed by atoms with van der Waals surface area (Å²) in [5, 5.41) is 4.30. The van der Waals surface area contributed by atoms with Gasteiger partial charge in [0.25, 0.3) is 0 Å². The predicted octanol–water partition coefficient (Wildman–Crippen LogP) is 1.61. The molecule has 0 bridgehead atoms. The number of aromatic nitrogens is 2. The molecule has 0 aromatic carbocycles. The number of hydrogen-bond acceptors (Lipinski definition) is 2. The standard InChI is InChI=1S/C9H14N2O/c1-6-4-5-12-9-8(6)7(2)11(3)10-9/h6H,4-5H2,1-3H3. The van der Waals surface area contributed by atoms with E-state index in [2.05, 4.69) is 18.9 Å². The van der Waals surface area contributed by atoms with Crippen molar-refractivity contribution in [2.75, 3.05) is 6.61 Å². The number of nitrogens with zero attached hydrogens (tertiary/aromatic N) is 2. The van der Waals surface area contributed by atoms with E-state index in [1.54, 1.807) is 0 Å². The smallest absolute Gasteiger partial charge is 0.236 e. The van der Waals surface area contributed by atoms with Crippen LogP contribution in [0.25, 0.3) is 0 Å². The molecule has 0 aliphatic carbocycles. The maximum atomic E-state index is 5.46. The van der Waals surface area contributed by atoms with Gasteiger partial charge in [-0.05, 0) is 19.3 Å². The maximum absolute atomic E-state index is 5.46. The van der Waals surface area contributed by atoms with Gasteiger partial charge < -0.3 is 4.74 Å². The molecule has 0 amide bonds. The van der Waals surface area contributed by atoms with Crippen molar-refractivity contribution in [1.29, 1.82) is 0 Å².